The van der Waals surface area contributed by atoms with Crippen molar-refractivity contribution in [2.75, 3.05) is 13.2 Å². The molecule has 0 saturated heterocycles. The average molecular weight is 196 g/mol. The summed E-state index contributed by atoms with van der Waals surface area (Å²) < 4.78 is 0. The van der Waals surface area contributed by atoms with Gasteiger partial charge in [-0.2, -0.15) is 0 Å². The van der Waals surface area contributed by atoms with Gasteiger partial charge in [-0.05, 0) is 30.6 Å². The van der Waals surface area contributed by atoms with Crippen molar-refractivity contribution in [1.82, 2.24) is 0 Å². The van der Waals surface area contributed by atoms with E-state index in [1.54, 1.807) is 0 Å². The lowest BCUT2D eigenvalue weighted by atomic mass is 9.68. The molecule has 2 N–H and O–H groups in total. The second-order valence-electron chi connectivity index (χ2n) is 4.84. The fourth-order valence-electron chi connectivity index (χ4n) is 3.48. The molecule has 2 bridgehead atoms. The first kappa shape index (κ1) is 10.2. The predicted molar refractivity (Wildman–Crippen MR) is 55.7 cm³/mol. The van der Waals surface area contributed by atoms with Crippen LogP contribution >= 0.6 is 0 Å². The summed E-state index contributed by atoms with van der Waals surface area (Å²) in [6, 6.07) is 0. The summed E-state index contributed by atoms with van der Waals surface area (Å²) in [4.78, 5) is 0. The first-order valence-electron chi connectivity index (χ1n) is 5.68. The topological polar surface area (TPSA) is 40.5 Å². The number of hydrogen-bond acceptors (Lipinski definition) is 2. The summed E-state index contributed by atoms with van der Waals surface area (Å²) in [5.41, 5.74) is -0.213. The minimum Gasteiger partial charge on any atom is -0.396 e. The van der Waals surface area contributed by atoms with E-state index in [4.69, 9.17) is 0 Å². The van der Waals surface area contributed by atoms with E-state index in [1.807, 2.05) is 0 Å². The van der Waals surface area contributed by atoms with Crippen LogP contribution in [0.5, 0.6) is 0 Å². The summed E-state index contributed by atoms with van der Waals surface area (Å²) in [6.45, 7) is 2.45. The zero-order valence-corrected chi connectivity index (χ0v) is 8.82. The van der Waals surface area contributed by atoms with Crippen molar-refractivity contribution in [3.05, 3.63) is 12.2 Å². The van der Waals surface area contributed by atoms with Crippen LogP contribution < -0.4 is 0 Å². The molecule has 0 aromatic carbocycles. The Morgan fingerprint density at radius 3 is 2.57 bits per heavy atom. The summed E-state index contributed by atoms with van der Waals surface area (Å²) in [6.07, 6.45) is 7.90. The maximum Gasteiger partial charge on any atom is 0.0518 e. The molecule has 0 aliphatic heterocycles. The molecule has 0 aromatic heterocycles. The van der Waals surface area contributed by atoms with Crippen LogP contribution in [0.3, 0.4) is 0 Å². The molecule has 0 amide bonds. The Morgan fingerprint density at radius 1 is 1.29 bits per heavy atom. The summed E-state index contributed by atoms with van der Waals surface area (Å²) in [7, 11) is 0. The van der Waals surface area contributed by atoms with Gasteiger partial charge in [-0.25, -0.2) is 0 Å². The largest absolute Gasteiger partial charge is 0.396 e. The van der Waals surface area contributed by atoms with Crippen molar-refractivity contribution in [2.24, 2.45) is 23.2 Å². The lowest BCUT2D eigenvalue weighted by Gasteiger charge is -2.39. The van der Waals surface area contributed by atoms with E-state index >= 15 is 0 Å². The standard InChI is InChI=1S/C12H20O2/c1-2-3-11-9-4-5-10(6-9)12(11,7-13)8-14/h4-5,9-11,13-14H,2-3,6-8H2,1H3. The molecule has 2 aliphatic carbocycles. The minimum absolute atomic E-state index is 0.139. The highest BCUT2D eigenvalue weighted by Gasteiger charge is 2.54. The van der Waals surface area contributed by atoms with Gasteiger partial charge < -0.3 is 10.2 Å². The van der Waals surface area contributed by atoms with Crippen molar-refractivity contribution < 1.29 is 10.2 Å². The van der Waals surface area contributed by atoms with E-state index in [1.165, 1.54) is 0 Å². The SMILES string of the molecule is CCCC1C2C=CC(C2)C1(CO)CO. The van der Waals surface area contributed by atoms with Gasteiger partial charge in [-0.3, -0.25) is 0 Å². The van der Waals surface area contributed by atoms with Crippen molar-refractivity contribution in [2.45, 2.75) is 26.2 Å². The highest BCUT2D eigenvalue weighted by atomic mass is 16.3. The van der Waals surface area contributed by atoms with Gasteiger partial charge in [0.25, 0.3) is 0 Å². The molecule has 2 aliphatic rings. The monoisotopic (exact) mass is 196 g/mol. The molecule has 2 rings (SSSR count). The molecular weight excluding hydrogens is 176 g/mol. The molecule has 80 valence electrons. The first-order chi connectivity index (χ1) is 6.78. The number of rotatable bonds is 4. The molecule has 2 nitrogen and oxygen atoms in total. The van der Waals surface area contributed by atoms with Crippen molar-refractivity contribution in [3.63, 3.8) is 0 Å². The zero-order chi connectivity index (χ0) is 10.2. The average Bonchev–Trinajstić information content (AvgIpc) is 2.78. The van der Waals surface area contributed by atoms with Crippen molar-refractivity contribution in [3.8, 4) is 0 Å². The Balaban J connectivity index is 2.24. The van der Waals surface area contributed by atoms with Gasteiger partial charge in [0.1, 0.15) is 0 Å². The minimum atomic E-state index is -0.213. The van der Waals surface area contributed by atoms with Gasteiger partial charge in [0.05, 0.1) is 13.2 Å². The second kappa shape index (κ2) is 3.67. The van der Waals surface area contributed by atoms with Crippen LogP contribution in [0.2, 0.25) is 0 Å². The van der Waals surface area contributed by atoms with E-state index in [-0.39, 0.29) is 18.6 Å². The lowest BCUT2D eigenvalue weighted by Crippen LogP contribution is -2.41. The molecule has 1 saturated carbocycles. The van der Waals surface area contributed by atoms with Gasteiger partial charge in [-0.15, -0.1) is 0 Å². The Kier molecular flexibility index (Phi) is 2.67. The zero-order valence-electron chi connectivity index (χ0n) is 8.82. The molecule has 3 atom stereocenters. The molecule has 3 unspecified atom stereocenters. The smallest absolute Gasteiger partial charge is 0.0518 e. The molecule has 0 radical (unpaired) electrons. The van der Waals surface area contributed by atoms with Crippen LogP contribution in [-0.2, 0) is 0 Å². The summed E-state index contributed by atoms with van der Waals surface area (Å²) >= 11 is 0. The molecule has 2 heteroatoms. The number of fused-ring (bicyclic) bond motifs is 2. The Hall–Kier alpha value is -0.340. The molecule has 0 heterocycles. The highest BCUT2D eigenvalue weighted by molar-refractivity contribution is 5.19. The summed E-state index contributed by atoms with van der Waals surface area (Å²) in [5, 5.41) is 19.1. The van der Waals surface area contributed by atoms with Crippen LogP contribution in [0.15, 0.2) is 12.2 Å². The molecule has 0 aromatic rings. The van der Waals surface area contributed by atoms with Gasteiger partial charge in [0, 0.05) is 5.41 Å². The van der Waals surface area contributed by atoms with Crippen LogP contribution in [-0.4, -0.2) is 23.4 Å². The van der Waals surface area contributed by atoms with Gasteiger partial charge in [0.15, 0.2) is 0 Å². The third-order valence-corrected chi connectivity index (χ3v) is 4.30. The van der Waals surface area contributed by atoms with Crippen LogP contribution in [0.1, 0.15) is 26.2 Å². The van der Waals surface area contributed by atoms with Crippen LogP contribution in [0.25, 0.3) is 0 Å². The quantitative estimate of drug-likeness (QED) is 0.670. The number of aliphatic hydroxyl groups excluding tert-OH is 2. The van der Waals surface area contributed by atoms with Gasteiger partial charge >= 0.3 is 0 Å². The highest BCUT2D eigenvalue weighted by Crippen LogP contribution is 2.57. The van der Waals surface area contributed by atoms with Crippen LogP contribution in [0.4, 0.5) is 0 Å². The Morgan fingerprint density at radius 2 is 2.00 bits per heavy atom. The maximum absolute atomic E-state index is 9.54. The maximum atomic E-state index is 9.54. The number of allylic oxidation sites excluding steroid dienone is 2. The number of hydrogen-bond donors (Lipinski definition) is 2. The van der Waals surface area contributed by atoms with Crippen molar-refractivity contribution >= 4 is 0 Å². The van der Waals surface area contributed by atoms with Crippen LogP contribution in [0, 0.1) is 23.2 Å². The fourth-order valence-corrected chi connectivity index (χ4v) is 3.48. The third kappa shape index (κ3) is 1.17. The van der Waals surface area contributed by atoms with Gasteiger partial charge in [0.2, 0.25) is 0 Å². The molecule has 0 spiro atoms. The Labute approximate surface area is 85.6 Å². The third-order valence-electron chi connectivity index (χ3n) is 4.30. The lowest BCUT2D eigenvalue weighted by molar-refractivity contribution is -0.0104. The van der Waals surface area contributed by atoms with E-state index in [0.29, 0.717) is 17.8 Å². The van der Waals surface area contributed by atoms with Crippen molar-refractivity contribution in [1.29, 1.82) is 0 Å². The van der Waals surface area contributed by atoms with E-state index in [0.717, 1.165) is 19.3 Å². The van der Waals surface area contributed by atoms with Gasteiger partial charge in [-0.1, -0.05) is 25.5 Å². The molecule has 1 fully saturated rings. The number of aliphatic hydroxyl groups is 2. The van der Waals surface area contributed by atoms with E-state index < -0.39 is 0 Å². The second-order valence-corrected chi connectivity index (χ2v) is 4.84. The normalized spacial score (nSPS) is 38.1. The van der Waals surface area contributed by atoms with E-state index in [9.17, 15) is 10.2 Å². The molecule has 14 heavy (non-hydrogen) atoms. The fraction of sp³-hybridized carbons (Fsp3) is 0.833. The summed E-state index contributed by atoms with van der Waals surface area (Å²) in [5.74, 6) is 1.52. The Bertz CT molecular complexity index is 230. The molecular formula is C12H20O2. The van der Waals surface area contributed by atoms with E-state index in [2.05, 4.69) is 19.1 Å². The predicted octanol–water partition coefficient (Wildman–Crippen LogP) is 1.58. The first-order valence-corrected chi connectivity index (χ1v) is 5.68.